The third kappa shape index (κ3) is 2.53. The number of anilines is 1. The van der Waals surface area contributed by atoms with Gasteiger partial charge in [0.1, 0.15) is 0 Å². The molecule has 0 bridgehead atoms. The monoisotopic (exact) mass is 339 g/mol. The number of hydrogen-bond donors (Lipinski definition) is 1. The van der Waals surface area contributed by atoms with Crippen LogP contribution in [0.2, 0.25) is 5.02 Å². The van der Waals surface area contributed by atoms with Crippen LogP contribution in [0.3, 0.4) is 0 Å². The lowest BCUT2D eigenvalue weighted by atomic mass is 10.1. The van der Waals surface area contributed by atoms with E-state index in [0.29, 0.717) is 6.54 Å². The molecule has 1 N–H and O–H groups in total. The van der Waals surface area contributed by atoms with Gasteiger partial charge in [0, 0.05) is 54.5 Å². The van der Waals surface area contributed by atoms with E-state index in [4.69, 9.17) is 11.6 Å². The third-order valence-electron chi connectivity index (χ3n) is 4.52. The molecule has 0 unspecified atom stereocenters. The predicted molar refractivity (Wildman–Crippen MR) is 97.7 cm³/mol. The highest BCUT2D eigenvalue weighted by Gasteiger charge is 2.26. The van der Waals surface area contributed by atoms with Gasteiger partial charge in [0.25, 0.3) is 5.91 Å². The van der Waals surface area contributed by atoms with Crippen molar-refractivity contribution in [2.45, 2.75) is 13.1 Å². The average Bonchev–Trinajstić information content (AvgIpc) is 3.09. The smallest absolute Gasteiger partial charge is 0.256 e. The summed E-state index contributed by atoms with van der Waals surface area (Å²) in [7, 11) is 1.84. The first-order valence-corrected chi connectivity index (χ1v) is 8.37. The Hall–Kier alpha value is -2.46. The third-order valence-corrected chi connectivity index (χ3v) is 4.76. The first-order valence-electron chi connectivity index (χ1n) is 7.99. The Morgan fingerprint density at radius 3 is 2.96 bits per heavy atom. The highest BCUT2D eigenvalue weighted by molar-refractivity contribution is 6.31. The average molecular weight is 340 g/mol. The van der Waals surface area contributed by atoms with E-state index in [1.54, 1.807) is 4.90 Å². The maximum absolute atomic E-state index is 12.3. The number of carbonyl (C=O) groups is 1. The first-order chi connectivity index (χ1) is 11.6. The van der Waals surface area contributed by atoms with E-state index in [-0.39, 0.29) is 5.91 Å². The molecule has 0 fully saturated rings. The molecule has 0 spiro atoms. The summed E-state index contributed by atoms with van der Waals surface area (Å²) in [5, 5.41) is 5.31. The van der Waals surface area contributed by atoms with Crippen molar-refractivity contribution in [3.8, 4) is 0 Å². The van der Waals surface area contributed by atoms with Crippen molar-refractivity contribution in [3.05, 3.63) is 64.8 Å². The number of hydrogen-bond acceptors (Lipinski definition) is 2. The van der Waals surface area contributed by atoms with E-state index in [1.807, 2.05) is 43.4 Å². The van der Waals surface area contributed by atoms with Crippen LogP contribution in [0, 0.1) is 0 Å². The van der Waals surface area contributed by atoms with Crippen molar-refractivity contribution in [2.24, 2.45) is 0 Å². The van der Waals surface area contributed by atoms with E-state index in [2.05, 4.69) is 22.1 Å². The van der Waals surface area contributed by atoms with Crippen molar-refractivity contribution >= 4 is 34.1 Å². The van der Waals surface area contributed by atoms with E-state index in [0.717, 1.165) is 45.8 Å². The molecule has 4 nitrogen and oxygen atoms in total. The Morgan fingerprint density at radius 2 is 2.08 bits per heavy atom. The fourth-order valence-electron chi connectivity index (χ4n) is 3.33. The number of fused-ring (bicyclic) bond motifs is 2. The Morgan fingerprint density at radius 1 is 1.21 bits per heavy atom. The van der Waals surface area contributed by atoms with Gasteiger partial charge in [0.15, 0.2) is 0 Å². The molecule has 4 rings (SSSR count). The molecule has 0 aliphatic carbocycles. The van der Waals surface area contributed by atoms with E-state index in [1.165, 1.54) is 0 Å². The molecule has 2 heterocycles. The van der Waals surface area contributed by atoms with Gasteiger partial charge in [-0.25, -0.2) is 0 Å². The van der Waals surface area contributed by atoms with Gasteiger partial charge < -0.3 is 14.8 Å². The molecule has 1 aromatic heterocycles. The van der Waals surface area contributed by atoms with Crippen LogP contribution in [0.1, 0.15) is 15.9 Å². The molecule has 1 amide bonds. The SMILES string of the molecule is CN1Cc2cccc(NCCn3ccc4cc(Cl)ccc43)c2C1=O. The summed E-state index contributed by atoms with van der Waals surface area (Å²) in [5.74, 6) is 0.0918. The lowest BCUT2D eigenvalue weighted by Gasteiger charge is -2.12. The standard InChI is InChI=1S/C19H18ClN3O/c1-22-12-14-3-2-4-16(18(14)19(22)24)21-8-10-23-9-7-13-11-15(20)5-6-17(13)23/h2-7,9,11,21H,8,10,12H2,1H3. The van der Waals surface area contributed by atoms with Gasteiger partial charge in [-0.05, 0) is 35.9 Å². The number of rotatable bonds is 4. The number of halogens is 1. The number of nitrogens with one attached hydrogen (secondary N) is 1. The van der Waals surface area contributed by atoms with E-state index >= 15 is 0 Å². The number of nitrogens with zero attached hydrogens (tertiary/aromatic N) is 2. The second-order valence-electron chi connectivity index (χ2n) is 6.14. The lowest BCUT2D eigenvalue weighted by Crippen LogP contribution is -2.19. The summed E-state index contributed by atoms with van der Waals surface area (Å²) in [6.07, 6.45) is 2.07. The van der Waals surface area contributed by atoms with Crippen molar-refractivity contribution in [3.63, 3.8) is 0 Å². The van der Waals surface area contributed by atoms with Gasteiger partial charge in [-0.2, -0.15) is 0 Å². The minimum atomic E-state index is 0.0918. The summed E-state index contributed by atoms with van der Waals surface area (Å²) in [6, 6.07) is 14.0. The number of benzene rings is 2. The normalized spacial score (nSPS) is 13.6. The summed E-state index contributed by atoms with van der Waals surface area (Å²) < 4.78 is 2.19. The van der Waals surface area contributed by atoms with Gasteiger partial charge in [-0.3, -0.25) is 4.79 Å². The summed E-state index contributed by atoms with van der Waals surface area (Å²) in [4.78, 5) is 14.0. The quantitative estimate of drug-likeness (QED) is 0.780. The van der Waals surface area contributed by atoms with Crippen molar-refractivity contribution in [1.82, 2.24) is 9.47 Å². The van der Waals surface area contributed by atoms with Crippen LogP contribution in [-0.2, 0) is 13.1 Å². The fraction of sp³-hybridized carbons (Fsp3) is 0.211. The van der Waals surface area contributed by atoms with Crippen molar-refractivity contribution < 1.29 is 4.79 Å². The predicted octanol–water partition coefficient (Wildman–Crippen LogP) is 3.99. The van der Waals surface area contributed by atoms with E-state index in [9.17, 15) is 4.79 Å². The van der Waals surface area contributed by atoms with Crippen LogP contribution < -0.4 is 5.32 Å². The minimum absolute atomic E-state index is 0.0918. The second-order valence-corrected chi connectivity index (χ2v) is 6.58. The van der Waals surface area contributed by atoms with Gasteiger partial charge in [0.05, 0.1) is 5.56 Å². The van der Waals surface area contributed by atoms with Crippen LogP contribution >= 0.6 is 11.6 Å². The van der Waals surface area contributed by atoms with Crippen LogP contribution in [-0.4, -0.2) is 29.0 Å². The molecule has 1 aliphatic rings. The fourth-order valence-corrected chi connectivity index (χ4v) is 3.51. The molecular formula is C19H18ClN3O. The Kier molecular flexibility index (Phi) is 3.69. The zero-order valence-corrected chi connectivity index (χ0v) is 14.2. The van der Waals surface area contributed by atoms with E-state index < -0.39 is 0 Å². The minimum Gasteiger partial charge on any atom is -0.383 e. The molecule has 2 aromatic carbocycles. The molecule has 0 atom stereocenters. The Balaban J connectivity index is 1.50. The zero-order chi connectivity index (χ0) is 16.7. The zero-order valence-electron chi connectivity index (χ0n) is 13.4. The summed E-state index contributed by atoms with van der Waals surface area (Å²) in [6.45, 7) is 2.26. The Bertz CT molecular complexity index is 932. The molecule has 122 valence electrons. The molecule has 0 radical (unpaired) electrons. The van der Waals surface area contributed by atoms with Gasteiger partial charge in [-0.15, -0.1) is 0 Å². The molecular weight excluding hydrogens is 322 g/mol. The van der Waals surface area contributed by atoms with Crippen molar-refractivity contribution in [1.29, 1.82) is 0 Å². The summed E-state index contributed by atoms with van der Waals surface area (Å²) in [5.41, 5.74) is 3.98. The van der Waals surface area contributed by atoms with Gasteiger partial charge in [0.2, 0.25) is 0 Å². The largest absolute Gasteiger partial charge is 0.383 e. The first kappa shape index (κ1) is 15.1. The van der Waals surface area contributed by atoms with Crippen LogP contribution in [0.5, 0.6) is 0 Å². The van der Waals surface area contributed by atoms with Crippen LogP contribution in [0.4, 0.5) is 5.69 Å². The van der Waals surface area contributed by atoms with Crippen LogP contribution in [0.15, 0.2) is 48.7 Å². The van der Waals surface area contributed by atoms with Crippen LogP contribution in [0.25, 0.3) is 10.9 Å². The Labute approximate surface area is 145 Å². The number of amides is 1. The highest BCUT2D eigenvalue weighted by atomic mass is 35.5. The molecule has 0 saturated carbocycles. The van der Waals surface area contributed by atoms with Gasteiger partial charge in [-0.1, -0.05) is 23.7 Å². The van der Waals surface area contributed by atoms with Gasteiger partial charge >= 0.3 is 0 Å². The molecule has 5 heteroatoms. The topological polar surface area (TPSA) is 37.3 Å². The molecule has 0 saturated heterocycles. The second kappa shape index (κ2) is 5.87. The summed E-state index contributed by atoms with van der Waals surface area (Å²) >= 11 is 6.03. The molecule has 1 aliphatic heterocycles. The maximum Gasteiger partial charge on any atom is 0.256 e. The molecule has 3 aromatic rings. The lowest BCUT2D eigenvalue weighted by molar-refractivity contribution is 0.0817. The number of aromatic nitrogens is 1. The molecule has 24 heavy (non-hydrogen) atoms. The van der Waals surface area contributed by atoms with Crippen molar-refractivity contribution in [2.75, 3.05) is 18.9 Å². The number of carbonyl (C=O) groups excluding carboxylic acids is 1. The maximum atomic E-state index is 12.3. The highest BCUT2D eigenvalue weighted by Crippen LogP contribution is 2.28.